The molecule has 0 radical (unpaired) electrons. The molecule has 3 aromatic rings. The predicted molar refractivity (Wildman–Crippen MR) is 119 cm³/mol. The highest BCUT2D eigenvalue weighted by atomic mass is 16.6. The van der Waals surface area contributed by atoms with E-state index in [1.54, 1.807) is 31.3 Å². The molecule has 1 unspecified atom stereocenters. The van der Waals surface area contributed by atoms with Gasteiger partial charge in [-0.05, 0) is 24.3 Å². The van der Waals surface area contributed by atoms with Gasteiger partial charge in [-0.1, -0.05) is 36.4 Å². The van der Waals surface area contributed by atoms with E-state index in [1.807, 2.05) is 24.3 Å². The first kappa shape index (κ1) is 21.0. The Kier molecular flexibility index (Phi) is 5.85. The lowest BCUT2D eigenvalue weighted by Gasteiger charge is -2.26. The summed E-state index contributed by atoms with van der Waals surface area (Å²) in [5, 5.41) is 17.1. The third-order valence-electron chi connectivity index (χ3n) is 5.41. The van der Waals surface area contributed by atoms with Crippen LogP contribution in [0.2, 0.25) is 0 Å². The van der Waals surface area contributed by atoms with Gasteiger partial charge in [-0.15, -0.1) is 0 Å². The number of fused-ring (bicyclic) bond motifs is 1. The summed E-state index contributed by atoms with van der Waals surface area (Å²) in [6, 6.07) is 17.9. The van der Waals surface area contributed by atoms with Crippen molar-refractivity contribution >= 4 is 23.1 Å². The van der Waals surface area contributed by atoms with E-state index in [2.05, 4.69) is 10.6 Å². The lowest BCUT2D eigenvalue weighted by molar-refractivity contribution is -0.384. The number of nitrogens with zero attached hydrogens (tertiary/aromatic N) is 1. The molecule has 2 N–H and O–H groups in total. The van der Waals surface area contributed by atoms with E-state index in [1.165, 1.54) is 18.2 Å². The highest BCUT2D eigenvalue weighted by Gasteiger charge is 2.26. The molecule has 1 heterocycles. The lowest BCUT2D eigenvalue weighted by Crippen LogP contribution is -2.33. The third-order valence-corrected chi connectivity index (χ3v) is 5.41. The van der Waals surface area contributed by atoms with E-state index in [0.29, 0.717) is 18.7 Å². The maximum absolute atomic E-state index is 13.2. The second-order valence-corrected chi connectivity index (χ2v) is 7.31. The van der Waals surface area contributed by atoms with Gasteiger partial charge in [-0.25, -0.2) is 0 Å². The number of carbonyl (C=O) groups excluding carboxylic acids is 2. The van der Waals surface area contributed by atoms with Gasteiger partial charge in [0.1, 0.15) is 11.4 Å². The highest BCUT2D eigenvalue weighted by molar-refractivity contribution is 6.15. The fourth-order valence-electron chi connectivity index (χ4n) is 3.80. The van der Waals surface area contributed by atoms with E-state index in [0.717, 1.165) is 11.3 Å². The number of ether oxygens (including phenoxy) is 1. The van der Waals surface area contributed by atoms with Crippen LogP contribution in [0.5, 0.6) is 5.75 Å². The number of amides is 1. The molecule has 1 aliphatic heterocycles. The number of nitro groups is 1. The molecule has 1 atom stereocenters. The van der Waals surface area contributed by atoms with Crippen molar-refractivity contribution < 1.29 is 19.2 Å². The molecule has 0 aliphatic carbocycles. The van der Waals surface area contributed by atoms with E-state index in [-0.39, 0.29) is 28.4 Å². The Morgan fingerprint density at radius 3 is 2.50 bits per heavy atom. The lowest BCUT2D eigenvalue weighted by atomic mass is 9.96. The van der Waals surface area contributed by atoms with Crippen LogP contribution < -0.4 is 15.4 Å². The van der Waals surface area contributed by atoms with Crippen LogP contribution in [0.1, 0.15) is 44.3 Å². The van der Waals surface area contributed by atoms with Crippen molar-refractivity contribution in [3.8, 4) is 5.75 Å². The molecule has 162 valence electrons. The van der Waals surface area contributed by atoms with Gasteiger partial charge in [0.15, 0.2) is 5.78 Å². The fourth-order valence-corrected chi connectivity index (χ4v) is 3.80. The van der Waals surface area contributed by atoms with Crippen LogP contribution in [0.15, 0.2) is 66.7 Å². The Morgan fingerprint density at radius 2 is 1.75 bits per heavy atom. The Morgan fingerprint density at radius 1 is 1.03 bits per heavy atom. The second-order valence-electron chi connectivity index (χ2n) is 7.31. The van der Waals surface area contributed by atoms with Crippen LogP contribution in [0.3, 0.4) is 0 Å². The second kappa shape index (κ2) is 8.89. The van der Waals surface area contributed by atoms with Gasteiger partial charge in [-0.3, -0.25) is 19.7 Å². The summed E-state index contributed by atoms with van der Waals surface area (Å²) in [5.41, 5.74) is 1.50. The number of para-hydroxylation sites is 1. The predicted octanol–water partition coefficient (Wildman–Crippen LogP) is 4.12. The fraction of sp³-hybridized carbons (Fsp3) is 0.167. The van der Waals surface area contributed by atoms with Crippen LogP contribution in [0.4, 0.5) is 11.4 Å². The minimum Gasteiger partial charge on any atom is -0.493 e. The number of anilines is 1. The number of rotatable bonds is 6. The molecule has 1 amide bonds. The van der Waals surface area contributed by atoms with Gasteiger partial charge in [0.2, 0.25) is 0 Å². The minimum absolute atomic E-state index is 0.132. The molecule has 0 bridgehead atoms. The van der Waals surface area contributed by atoms with E-state index in [4.69, 9.17) is 4.74 Å². The van der Waals surface area contributed by atoms with Crippen LogP contribution in [0.25, 0.3) is 0 Å². The molecule has 8 nitrogen and oxygen atoms in total. The molecular weight excluding hydrogens is 410 g/mol. The summed E-state index contributed by atoms with van der Waals surface area (Å²) in [4.78, 5) is 37.1. The van der Waals surface area contributed by atoms with Crippen LogP contribution in [-0.2, 0) is 0 Å². The Hall–Kier alpha value is -4.20. The smallest absolute Gasteiger partial charge is 0.293 e. The van der Waals surface area contributed by atoms with Crippen molar-refractivity contribution in [2.24, 2.45) is 0 Å². The number of ketones is 1. The Labute approximate surface area is 184 Å². The molecule has 32 heavy (non-hydrogen) atoms. The molecule has 4 rings (SSSR count). The molecule has 8 heteroatoms. The first-order valence-corrected chi connectivity index (χ1v) is 10.1. The van der Waals surface area contributed by atoms with Crippen LogP contribution in [0, 0.1) is 10.1 Å². The first-order valence-electron chi connectivity index (χ1n) is 10.1. The molecule has 0 aromatic heterocycles. The summed E-state index contributed by atoms with van der Waals surface area (Å²) in [5.74, 6) is -0.128. The summed E-state index contributed by atoms with van der Waals surface area (Å²) >= 11 is 0. The normalized spacial score (nSPS) is 14.6. The largest absolute Gasteiger partial charge is 0.493 e. The topological polar surface area (TPSA) is 111 Å². The third kappa shape index (κ3) is 4.02. The van der Waals surface area contributed by atoms with Gasteiger partial charge in [0.05, 0.1) is 23.1 Å². The molecule has 0 saturated carbocycles. The number of nitrogens with one attached hydrogen (secondary N) is 2. The maximum Gasteiger partial charge on any atom is 0.293 e. The molecule has 0 fully saturated rings. The maximum atomic E-state index is 13.2. The highest BCUT2D eigenvalue weighted by Crippen LogP contribution is 2.32. The van der Waals surface area contributed by atoms with Gasteiger partial charge < -0.3 is 15.4 Å². The summed E-state index contributed by atoms with van der Waals surface area (Å²) in [7, 11) is 1.57. The average Bonchev–Trinajstić information content (AvgIpc) is 2.83. The average molecular weight is 431 g/mol. The number of hydrogen-bond acceptors (Lipinski definition) is 6. The number of benzene rings is 3. The zero-order valence-corrected chi connectivity index (χ0v) is 17.3. The quantitative estimate of drug-likeness (QED) is 0.345. The SMILES string of the molecule is CNc1ccc(C(=O)c2ccccc2C(=O)NC2CCOc3ccccc32)cc1[N+](=O)[O-]. The van der Waals surface area contributed by atoms with Gasteiger partial charge >= 0.3 is 0 Å². The standard InChI is InChI=1S/C24H21N3O5/c1-25-20-11-10-15(14-21(20)27(30)31)23(28)16-6-2-3-7-17(16)24(29)26-19-12-13-32-22-9-5-4-8-18(19)22/h2-11,14,19,25H,12-13H2,1H3,(H,26,29). The zero-order chi connectivity index (χ0) is 22.7. The van der Waals surface area contributed by atoms with Crippen molar-refractivity contribution in [1.82, 2.24) is 5.32 Å². The van der Waals surface area contributed by atoms with Crippen LogP contribution in [-0.4, -0.2) is 30.3 Å². The minimum atomic E-state index is -0.552. The molecule has 1 aliphatic rings. The monoisotopic (exact) mass is 431 g/mol. The first-order chi connectivity index (χ1) is 15.5. The Bertz CT molecular complexity index is 1210. The molecule has 0 spiro atoms. The van der Waals surface area contributed by atoms with Gasteiger partial charge in [-0.2, -0.15) is 0 Å². The number of carbonyl (C=O) groups is 2. The summed E-state index contributed by atoms with van der Waals surface area (Å²) in [6.07, 6.45) is 0.608. The summed E-state index contributed by atoms with van der Waals surface area (Å²) < 4.78 is 5.64. The Balaban J connectivity index is 1.64. The van der Waals surface area contributed by atoms with E-state index in [9.17, 15) is 19.7 Å². The summed E-state index contributed by atoms with van der Waals surface area (Å²) in [6.45, 7) is 0.476. The van der Waals surface area contributed by atoms with Crippen molar-refractivity contribution in [1.29, 1.82) is 0 Å². The van der Waals surface area contributed by atoms with Gasteiger partial charge in [0, 0.05) is 36.2 Å². The van der Waals surface area contributed by atoms with E-state index < -0.39 is 16.6 Å². The van der Waals surface area contributed by atoms with Gasteiger partial charge in [0.25, 0.3) is 11.6 Å². The molecular formula is C24H21N3O5. The van der Waals surface area contributed by atoms with Crippen molar-refractivity contribution in [2.45, 2.75) is 12.5 Å². The molecule has 0 saturated heterocycles. The zero-order valence-electron chi connectivity index (χ0n) is 17.3. The van der Waals surface area contributed by atoms with Crippen molar-refractivity contribution in [3.63, 3.8) is 0 Å². The van der Waals surface area contributed by atoms with E-state index >= 15 is 0 Å². The van der Waals surface area contributed by atoms with Crippen LogP contribution >= 0.6 is 0 Å². The number of hydrogen-bond donors (Lipinski definition) is 2. The van der Waals surface area contributed by atoms with Crippen molar-refractivity contribution in [2.75, 3.05) is 19.0 Å². The van der Waals surface area contributed by atoms with Crippen molar-refractivity contribution in [3.05, 3.63) is 99.1 Å². The number of nitro benzene ring substituents is 1. The molecule has 3 aromatic carbocycles.